The Bertz CT molecular complexity index is 520. The second-order valence-corrected chi connectivity index (χ2v) is 4.90. The highest BCUT2D eigenvalue weighted by molar-refractivity contribution is 9.11. The smallest absolute Gasteiger partial charge is 0.124 e. The van der Waals surface area contributed by atoms with E-state index in [9.17, 15) is 4.79 Å². The Morgan fingerprint density at radius 2 is 1.80 bits per heavy atom. The number of carbonyl (C=O) groups excluding carboxylic acids is 1. The van der Waals surface area contributed by atoms with Gasteiger partial charge in [0, 0.05) is 15.4 Å². The predicted octanol–water partition coefficient (Wildman–Crippen LogP) is 4.11. The third kappa shape index (κ3) is 1.99. The molecule has 0 spiro atoms. The fourth-order valence-electron chi connectivity index (χ4n) is 1.59. The molecule has 0 heterocycles. The van der Waals surface area contributed by atoms with Crippen molar-refractivity contribution in [2.45, 2.75) is 6.42 Å². The van der Waals surface area contributed by atoms with E-state index in [0.717, 1.165) is 31.6 Å². The molecule has 0 fully saturated rings. The number of aldehydes is 1. The van der Waals surface area contributed by atoms with Gasteiger partial charge in [0.25, 0.3) is 0 Å². The van der Waals surface area contributed by atoms with Crippen LogP contribution in [-0.2, 0) is 11.2 Å². The van der Waals surface area contributed by atoms with Gasteiger partial charge in [-0.2, -0.15) is 0 Å². The average molecular weight is 328 g/mol. The van der Waals surface area contributed by atoms with Crippen LogP contribution in [0, 0.1) is 0 Å². The molecule has 0 saturated heterocycles. The first-order valence-electron chi connectivity index (χ1n) is 4.53. The van der Waals surface area contributed by atoms with Crippen molar-refractivity contribution in [1.29, 1.82) is 0 Å². The normalized spacial score (nSPS) is 10.5. The van der Waals surface area contributed by atoms with Gasteiger partial charge in [-0.25, -0.2) is 0 Å². The van der Waals surface area contributed by atoms with E-state index in [0.29, 0.717) is 6.42 Å². The number of benzene rings is 2. The summed E-state index contributed by atoms with van der Waals surface area (Å²) in [6.07, 6.45) is 1.35. The van der Waals surface area contributed by atoms with Gasteiger partial charge in [0.05, 0.1) is 0 Å². The van der Waals surface area contributed by atoms with Gasteiger partial charge in [0.2, 0.25) is 0 Å². The summed E-state index contributed by atoms with van der Waals surface area (Å²) in [5.74, 6) is 0. The maximum Gasteiger partial charge on any atom is 0.124 e. The Balaban J connectivity index is 2.78. The fourth-order valence-corrected chi connectivity index (χ4v) is 2.83. The molecule has 0 aliphatic heterocycles. The van der Waals surface area contributed by atoms with Crippen molar-refractivity contribution in [3.05, 3.63) is 44.8 Å². The molecule has 0 atom stereocenters. The Hall–Kier alpha value is -0.670. The average Bonchev–Trinajstić information content (AvgIpc) is 2.26. The summed E-state index contributed by atoms with van der Waals surface area (Å²) in [6.45, 7) is 0. The number of rotatable bonds is 2. The van der Waals surface area contributed by atoms with Crippen molar-refractivity contribution in [2.75, 3.05) is 0 Å². The molecule has 0 aromatic heterocycles. The van der Waals surface area contributed by atoms with Crippen LogP contribution in [0.15, 0.2) is 39.3 Å². The lowest BCUT2D eigenvalue weighted by molar-refractivity contribution is -0.107. The highest BCUT2D eigenvalue weighted by Crippen LogP contribution is 2.33. The number of hydrogen-bond acceptors (Lipinski definition) is 1. The molecule has 2 rings (SSSR count). The van der Waals surface area contributed by atoms with Gasteiger partial charge < -0.3 is 4.79 Å². The number of halogens is 2. The van der Waals surface area contributed by atoms with Crippen molar-refractivity contribution < 1.29 is 4.79 Å². The summed E-state index contributed by atoms with van der Waals surface area (Å²) in [7, 11) is 0. The molecule has 2 aromatic carbocycles. The van der Waals surface area contributed by atoms with E-state index < -0.39 is 0 Å². The SMILES string of the molecule is O=CCc1cc(Br)c2ccccc2c1Br. The lowest BCUT2D eigenvalue weighted by Crippen LogP contribution is -1.89. The zero-order chi connectivity index (χ0) is 10.8. The van der Waals surface area contributed by atoms with Gasteiger partial charge in [-0.05, 0) is 38.3 Å². The summed E-state index contributed by atoms with van der Waals surface area (Å²) in [5.41, 5.74) is 1.01. The van der Waals surface area contributed by atoms with Crippen LogP contribution in [0.4, 0.5) is 0 Å². The summed E-state index contributed by atoms with van der Waals surface area (Å²) in [6, 6.07) is 10.1. The predicted molar refractivity (Wildman–Crippen MR) is 69.1 cm³/mol. The summed E-state index contributed by atoms with van der Waals surface area (Å²) in [5, 5.41) is 2.28. The minimum absolute atomic E-state index is 0.435. The van der Waals surface area contributed by atoms with Crippen LogP contribution >= 0.6 is 31.9 Å². The van der Waals surface area contributed by atoms with E-state index in [1.54, 1.807) is 0 Å². The van der Waals surface area contributed by atoms with Gasteiger partial charge >= 0.3 is 0 Å². The number of fused-ring (bicyclic) bond motifs is 1. The molecular formula is C12H8Br2O. The monoisotopic (exact) mass is 326 g/mol. The first kappa shape index (κ1) is 10.8. The second-order valence-electron chi connectivity index (χ2n) is 3.25. The van der Waals surface area contributed by atoms with Crippen molar-refractivity contribution in [1.82, 2.24) is 0 Å². The van der Waals surface area contributed by atoms with Crippen LogP contribution in [0.25, 0.3) is 10.8 Å². The molecular weight excluding hydrogens is 320 g/mol. The quantitative estimate of drug-likeness (QED) is 0.759. The molecule has 0 radical (unpaired) electrons. The third-order valence-corrected chi connectivity index (χ3v) is 3.90. The Morgan fingerprint density at radius 1 is 1.13 bits per heavy atom. The van der Waals surface area contributed by atoms with Crippen molar-refractivity contribution in [3.63, 3.8) is 0 Å². The third-order valence-electron chi connectivity index (χ3n) is 2.31. The second kappa shape index (κ2) is 4.45. The molecule has 0 bridgehead atoms. The molecule has 76 valence electrons. The summed E-state index contributed by atoms with van der Waals surface area (Å²) in [4.78, 5) is 10.5. The molecule has 0 N–H and O–H groups in total. The van der Waals surface area contributed by atoms with E-state index in [1.807, 2.05) is 24.3 Å². The van der Waals surface area contributed by atoms with Gasteiger partial charge in [0.15, 0.2) is 0 Å². The molecule has 3 heteroatoms. The molecule has 0 aliphatic rings. The van der Waals surface area contributed by atoms with E-state index in [-0.39, 0.29) is 0 Å². The van der Waals surface area contributed by atoms with Crippen LogP contribution in [0.1, 0.15) is 5.56 Å². The highest BCUT2D eigenvalue weighted by Gasteiger charge is 2.07. The number of carbonyl (C=O) groups is 1. The van der Waals surface area contributed by atoms with E-state index >= 15 is 0 Å². The van der Waals surface area contributed by atoms with Gasteiger partial charge in [0.1, 0.15) is 6.29 Å². The van der Waals surface area contributed by atoms with Crippen molar-refractivity contribution in [3.8, 4) is 0 Å². The zero-order valence-corrected chi connectivity index (χ0v) is 11.0. The van der Waals surface area contributed by atoms with E-state index in [4.69, 9.17) is 0 Å². The van der Waals surface area contributed by atoms with Crippen LogP contribution in [0.5, 0.6) is 0 Å². The minimum atomic E-state index is 0.435. The fraction of sp³-hybridized carbons (Fsp3) is 0.0833. The molecule has 0 saturated carbocycles. The Morgan fingerprint density at radius 3 is 2.47 bits per heavy atom. The van der Waals surface area contributed by atoms with Gasteiger partial charge in [-0.15, -0.1) is 0 Å². The van der Waals surface area contributed by atoms with E-state index in [1.165, 1.54) is 0 Å². The number of hydrogen-bond donors (Lipinski definition) is 0. The van der Waals surface area contributed by atoms with Crippen LogP contribution in [0.2, 0.25) is 0 Å². The highest BCUT2D eigenvalue weighted by atomic mass is 79.9. The largest absolute Gasteiger partial charge is 0.303 e. The maximum absolute atomic E-state index is 10.5. The Labute approximate surface area is 105 Å². The first-order chi connectivity index (χ1) is 7.24. The molecule has 2 aromatic rings. The summed E-state index contributed by atoms with van der Waals surface area (Å²) >= 11 is 7.05. The van der Waals surface area contributed by atoms with Gasteiger partial charge in [-0.1, -0.05) is 40.2 Å². The molecule has 15 heavy (non-hydrogen) atoms. The van der Waals surface area contributed by atoms with E-state index in [2.05, 4.69) is 37.9 Å². The van der Waals surface area contributed by atoms with Crippen LogP contribution < -0.4 is 0 Å². The first-order valence-corrected chi connectivity index (χ1v) is 6.12. The van der Waals surface area contributed by atoms with Crippen molar-refractivity contribution in [2.24, 2.45) is 0 Å². The zero-order valence-electron chi connectivity index (χ0n) is 7.84. The molecule has 0 aliphatic carbocycles. The standard InChI is InChI=1S/C12H8Br2O/c13-11-7-8(5-6-15)12(14)10-4-2-1-3-9(10)11/h1-4,6-7H,5H2. The van der Waals surface area contributed by atoms with Crippen molar-refractivity contribution >= 4 is 48.9 Å². The molecule has 0 amide bonds. The lowest BCUT2D eigenvalue weighted by Gasteiger charge is -2.07. The summed E-state index contributed by atoms with van der Waals surface area (Å²) < 4.78 is 2.03. The maximum atomic E-state index is 10.5. The minimum Gasteiger partial charge on any atom is -0.303 e. The topological polar surface area (TPSA) is 17.1 Å². The van der Waals surface area contributed by atoms with Crippen LogP contribution in [-0.4, -0.2) is 6.29 Å². The molecule has 0 unspecified atom stereocenters. The molecule has 1 nitrogen and oxygen atoms in total. The Kier molecular flexibility index (Phi) is 3.22. The van der Waals surface area contributed by atoms with Gasteiger partial charge in [-0.3, -0.25) is 0 Å². The van der Waals surface area contributed by atoms with Crippen LogP contribution in [0.3, 0.4) is 0 Å². The lowest BCUT2D eigenvalue weighted by atomic mass is 10.1.